The van der Waals surface area contributed by atoms with Gasteiger partial charge >= 0.3 is 5.69 Å². The molecule has 0 saturated carbocycles. The van der Waals surface area contributed by atoms with E-state index >= 15 is 0 Å². The van der Waals surface area contributed by atoms with Crippen LogP contribution in [-0.2, 0) is 13.6 Å². The average molecular weight is 243 g/mol. The number of aromatic amines is 2. The van der Waals surface area contributed by atoms with Gasteiger partial charge in [0.1, 0.15) is 5.82 Å². The van der Waals surface area contributed by atoms with Gasteiger partial charge in [0.2, 0.25) is 0 Å². The van der Waals surface area contributed by atoms with Crippen molar-refractivity contribution in [1.29, 1.82) is 0 Å². The lowest BCUT2D eigenvalue weighted by molar-refractivity contribution is 0.813. The molecule has 0 aliphatic heterocycles. The third kappa shape index (κ3) is 1.88. The van der Waals surface area contributed by atoms with E-state index < -0.39 is 0 Å². The summed E-state index contributed by atoms with van der Waals surface area (Å²) in [6.45, 7) is 0.643. The second-order valence-electron chi connectivity index (χ2n) is 4.15. The van der Waals surface area contributed by atoms with Crippen LogP contribution in [0.1, 0.15) is 5.82 Å². The number of fused-ring (bicyclic) bond motifs is 1. The van der Waals surface area contributed by atoms with Crippen molar-refractivity contribution in [2.45, 2.75) is 6.54 Å². The number of rotatable bonds is 3. The lowest BCUT2D eigenvalue weighted by atomic mass is 10.3. The van der Waals surface area contributed by atoms with Crippen molar-refractivity contribution in [2.75, 3.05) is 5.32 Å². The first-order valence-corrected chi connectivity index (χ1v) is 5.64. The molecule has 3 rings (SSSR count). The molecule has 2 aromatic heterocycles. The van der Waals surface area contributed by atoms with Crippen LogP contribution in [0.5, 0.6) is 0 Å². The lowest BCUT2D eigenvalue weighted by Crippen LogP contribution is -2.05. The molecule has 18 heavy (non-hydrogen) atoms. The normalized spacial score (nSPS) is 10.9. The molecule has 0 aliphatic rings. The Morgan fingerprint density at radius 3 is 2.94 bits per heavy atom. The second-order valence-corrected chi connectivity index (χ2v) is 4.15. The Balaban J connectivity index is 1.82. The zero-order valence-electron chi connectivity index (χ0n) is 9.90. The number of nitrogens with one attached hydrogen (secondary N) is 3. The van der Waals surface area contributed by atoms with Crippen LogP contribution in [0.15, 0.2) is 35.4 Å². The van der Waals surface area contributed by atoms with Gasteiger partial charge in [-0.25, -0.2) is 9.78 Å². The summed E-state index contributed by atoms with van der Waals surface area (Å²) in [6.07, 6.45) is 3.67. The van der Waals surface area contributed by atoms with E-state index in [-0.39, 0.29) is 5.69 Å². The summed E-state index contributed by atoms with van der Waals surface area (Å²) in [7, 11) is 1.96. The number of imidazole rings is 2. The molecule has 2 heterocycles. The summed E-state index contributed by atoms with van der Waals surface area (Å²) in [5, 5.41) is 3.27. The van der Waals surface area contributed by atoms with Gasteiger partial charge in [0, 0.05) is 25.1 Å². The van der Waals surface area contributed by atoms with Gasteiger partial charge in [0.05, 0.1) is 17.6 Å². The van der Waals surface area contributed by atoms with E-state index in [9.17, 15) is 4.79 Å². The molecule has 1 aromatic carbocycles. The zero-order valence-corrected chi connectivity index (χ0v) is 9.90. The Labute approximate surface area is 103 Å². The fourth-order valence-corrected chi connectivity index (χ4v) is 1.89. The highest BCUT2D eigenvalue weighted by Gasteiger charge is 2.01. The number of H-pyrrole nitrogens is 2. The highest BCUT2D eigenvalue weighted by atomic mass is 16.1. The van der Waals surface area contributed by atoms with E-state index in [4.69, 9.17) is 0 Å². The van der Waals surface area contributed by atoms with Gasteiger partial charge in [-0.1, -0.05) is 0 Å². The molecule has 0 bridgehead atoms. The monoisotopic (exact) mass is 243 g/mol. The van der Waals surface area contributed by atoms with Crippen molar-refractivity contribution >= 4 is 16.7 Å². The van der Waals surface area contributed by atoms with Crippen molar-refractivity contribution < 1.29 is 0 Å². The van der Waals surface area contributed by atoms with Crippen LogP contribution in [0, 0.1) is 0 Å². The Kier molecular flexibility index (Phi) is 2.40. The maximum absolute atomic E-state index is 11.1. The van der Waals surface area contributed by atoms with Crippen molar-refractivity contribution in [2.24, 2.45) is 7.05 Å². The van der Waals surface area contributed by atoms with Crippen LogP contribution >= 0.6 is 0 Å². The molecule has 92 valence electrons. The molecule has 0 aliphatic carbocycles. The molecule has 3 N–H and O–H groups in total. The summed E-state index contributed by atoms with van der Waals surface area (Å²) < 4.78 is 1.96. The highest BCUT2D eigenvalue weighted by molar-refractivity contribution is 5.78. The Morgan fingerprint density at radius 2 is 2.17 bits per heavy atom. The summed E-state index contributed by atoms with van der Waals surface area (Å²) in [5.41, 5.74) is 2.36. The van der Waals surface area contributed by atoms with Crippen molar-refractivity contribution in [3.8, 4) is 0 Å². The van der Waals surface area contributed by atoms with E-state index in [1.807, 2.05) is 36.0 Å². The number of nitrogens with zero attached hydrogens (tertiary/aromatic N) is 2. The van der Waals surface area contributed by atoms with Crippen LogP contribution in [0.25, 0.3) is 11.0 Å². The maximum Gasteiger partial charge on any atom is 0.323 e. The number of benzene rings is 1. The number of hydrogen-bond acceptors (Lipinski definition) is 3. The summed E-state index contributed by atoms with van der Waals surface area (Å²) in [4.78, 5) is 20.8. The van der Waals surface area contributed by atoms with Crippen LogP contribution < -0.4 is 11.0 Å². The molecular weight excluding hydrogens is 230 g/mol. The molecule has 0 unspecified atom stereocenters. The SMILES string of the molecule is Cn1ccnc1CNc1ccc2[nH]c(=O)[nH]c2c1. The van der Waals surface area contributed by atoms with Gasteiger partial charge in [-0.15, -0.1) is 0 Å². The Bertz CT molecular complexity index is 736. The minimum Gasteiger partial charge on any atom is -0.378 e. The molecule has 6 heteroatoms. The van der Waals surface area contributed by atoms with Gasteiger partial charge in [0.25, 0.3) is 0 Å². The van der Waals surface area contributed by atoms with E-state index in [1.165, 1.54) is 0 Å². The molecule has 0 spiro atoms. The number of anilines is 1. The van der Waals surface area contributed by atoms with Crippen LogP contribution in [-0.4, -0.2) is 19.5 Å². The third-order valence-corrected chi connectivity index (χ3v) is 2.89. The third-order valence-electron chi connectivity index (χ3n) is 2.89. The fourth-order valence-electron chi connectivity index (χ4n) is 1.89. The second kappa shape index (κ2) is 4.06. The molecule has 3 aromatic rings. The molecule has 0 fully saturated rings. The van der Waals surface area contributed by atoms with Crippen LogP contribution in [0.2, 0.25) is 0 Å². The first-order valence-electron chi connectivity index (χ1n) is 5.64. The van der Waals surface area contributed by atoms with E-state index in [1.54, 1.807) is 6.20 Å². The van der Waals surface area contributed by atoms with Gasteiger partial charge in [-0.2, -0.15) is 0 Å². The maximum atomic E-state index is 11.1. The van der Waals surface area contributed by atoms with Crippen LogP contribution in [0.3, 0.4) is 0 Å². The first kappa shape index (κ1) is 10.6. The summed E-state index contributed by atoms with van der Waals surface area (Å²) >= 11 is 0. The van der Waals surface area contributed by atoms with E-state index in [2.05, 4.69) is 20.3 Å². The van der Waals surface area contributed by atoms with Gasteiger partial charge in [0.15, 0.2) is 0 Å². The molecule has 6 nitrogen and oxygen atoms in total. The van der Waals surface area contributed by atoms with Gasteiger partial charge in [-0.3, -0.25) is 0 Å². The van der Waals surface area contributed by atoms with Gasteiger partial charge in [-0.05, 0) is 18.2 Å². The lowest BCUT2D eigenvalue weighted by Gasteiger charge is -2.06. The highest BCUT2D eigenvalue weighted by Crippen LogP contribution is 2.15. The Hall–Kier alpha value is -2.50. The van der Waals surface area contributed by atoms with Crippen molar-refractivity contribution in [3.05, 3.63) is 46.9 Å². The fraction of sp³-hybridized carbons (Fsp3) is 0.167. The van der Waals surface area contributed by atoms with E-state index in [0.717, 1.165) is 22.5 Å². The largest absolute Gasteiger partial charge is 0.378 e. The smallest absolute Gasteiger partial charge is 0.323 e. The zero-order chi connectivity index (χ0) is 12.5. The molecule has 0 radical (unpaired) electrons. The Morgan fingerprint density at radius 1 is 1.33 bits per heavy atom. The number of aromatic nitrogens is 4. The average Bonchev–Trinajstić information content (AvgIpc) is 2.90. The summed E-state index contributed by atoms with van der Waals surface area (Å²) in [6, 6.07) is 5.69. The molecular formula is C12H13N5O. The van der Waals surface area contributed by atoms with Gasteiger partial charge < -0.3 is 19.9 Å². The predicted molar refractivity (Wildman–Crippen MR) is 69.5 cm³/mol. The molecule has 0 atom stereocenters. The first-order chi connectivity index (χ1) is 8.72. The van der Waals surface area contributed by atoms with Crippen molar-refractivity contribution in [1.82, 2.24) is 19.5 Å². The molecule has 0 saturated heterocycles. The number of hydrogen-bond donors (Lipinski definition) is 3. The standard InChI is InChI=1S/C12H13N5O/c1-17-5-4-13-11(17)7-14-8-2-3-9-10(6-8)16-12(18)15-9/h2-6,14H,7H2,1H3,(H2,15,16,18). The quantitative estimate of drug-likeness (QED) is 0.646. The minimum atomic E-state index is -0.189. The minimum absolute atomic E-state index is 0.189. The predicted octanol–water partition coefficient (Wildman–Crippen LogP) is 1.20. The summed E-state index contributed by atoms with van der Waals surface area (Å²) in [5.74, 6) is 0.956. The molecule has 0 amide bonds. The van der Waals surface area contributed by atoms with Crippen LogP contribution in [0.4, 0.5) is 5.69 Å². The van der Waals surface area contributed by atoms with E-state index in [0.29, 0.717) is 6.54 Å². The topological polar surface area (TPSA) is 78.5 Å². The number of aryl methyl sites for hydroxylation is 1. The van der Waals surface area contributed by atoms with Crippen molar-refractivity contribution in [3.63, 3.8) is 0 Å².